The van der Waals surface area contributed by atoms with Crippen molar-refractivity contribution in [2.45, 2.75) is 0 Å². The van der Waals surface area contributed by atoms with Gasteiger partial charge in [-0.2, -0.15) is 5.26 Å². The van der Waals surface area contributed by atoms with Crippen LogP contribution in [0.15, 0.2) is 199 Å². The lowest BCUT2D eigenvalue weighted by molar-refractivity contribution is 0.669. The van der Waals surface area contributed by atoms with Crippen LogP contribution < -0.4 is 0 Å². The predicted octanol–water partition coefficient (Wildman–Crippen LogP) is 14.0. The number of furan rings is 1. The lowest BCUT2D eigenvalue weighted by atomic mass is 9.95. The minimum Gasteiger partial charge on any atom is -0.456 e. The van der Waals surface area contributed by atoms with Crippen LogP contribution in [0.25, 0.3) is 111 Å². The summed E-state index contributed by atoms with van der Waals surface area (Å²) >= 11 is 0. The van der Waals surface area contributed by atoms with Crippen LogP contribution >= 0.6 is 0 Å². The highest BCUT2D eigenvalue weighted by Crippen LogP contribution is 2.40. The SMILES string of the molecule is N#Cc1ccccc1-c1ccc(-c2nc(-c3ccc4c(c3)oc3cccc(-c5cccc(-c6ccccc6)c5)c34)nc(-c3cc4ccccc4c4ccccc34)n2)cc1. The van der Waals surface area contributed by atoms with E-state index in [-0.39, 0.29) is 0 Å². The fraction of sp³-hybridized carbons (Fsp3) is 0. The van der Waals surface area contributed by atoms with Gasteiger partial charge in [0, 0.05) is 27.5 Å². The fourth-order valence-corrected chi connectivity index (χ4v) is 8.33. The topological polar surface area (TPSA) is 75.6 Å². The molecule has 0 N–H and O–H groups in total. The van der Waals surface area contributed by atoms with E-state index in [4.69, 9.17) is 19.4 Å². The molecule has 0 spiro atoms. The Kier molecular flexibility index (Phi) is 8.13. The Balaban J connectivity index is 1.07. The predicted molar refractivity (Wildman–Crippen MR) is 239 cm³/mol. The largest absolute Gasteiger partial charge is 0.456 e. The number of nitriles is 1. The first-order valence-electron chi connectivity index (χ1n) is 19.6. The molecule has 5 nitrogen and oxygen atoms in total. The van der Waals surface area contributed by atoms with Gasteiger partial charge in [-0.15, -0.1) is 0 Å². The fourth-order valence-electron chi connectivity index (χ4n) is 8.33. The van der Waals surface area contributed by atoms with Gasteiger partial charge in [-0.1, -0.05) is 158 Å². The molecule has 5 heteroatoms. The van der Waals surface area contributed by atoms with Crippen molar-refractivity contribution in [3.8, 4) is 73.6 Å². The van der Waals surface area contributed by atoms with E-state index in [1.54, 1.807) is 0 Å². The van der Waals surface area contributed by atoms with E-state index in [1.165, 1.54) is 10.9 Å². The first-order valence-corrected chi connectivity index (χ1v) is 19.6. The highest BCUT2D eigenvalue weighted by molar-refractivity contribution is 6.14. The molecule has 2 heterocycles. The minimum absolute atomic E-state index is 0.541. The second kappa shape index (κ2) is 14.1. The van der Waals surface area contributed by atoms with Gasteiger partial charge < -0.3 is 4.42 Å². The van der Waals surface area contributed by atoms with Gasteiger partial charge in [-0.25, -0.2) is 15.0 Å². The molecule has 274 valence electrons. The Morgan fingerprint density at radius 3 is 1.83 bits per heavy atom. The summed E-state index contributed by atoms with van der Waals surface area (Å²) in [6.45, 7) is 0. The molecule has 0 amide bonds. The molecule has 0 aliphatic carbocycles. The molecule has 0 aliphatic heterocycles. The van der Waals surface area contributed by atoms with E-state index in [0.717, 1.165) is 82.6 Å². The number of benzene rings is 9. The Hall–Kier alpha value is -8.20. The second-order valence-electron chi connectivity index (χ2n) is 14.7. The molecule has 11 rings (SSSR count). The van der Waals surface area contributed by atoms with Gasteiger partial charge in [-0.3, -0.25) is 0 Å². The molecule has 0 unspecified atom stereocenters. The molecule has 11 aromatic rings. The quantitative estimate of drug-likeness (QED) is 0.158. The lowest BCUT2D eigenvalue weighted by Crippen LogP contribution is -2.01. The van der Waals surface area contributed by atoms with Gasteiger partial charge in [-0.05, 0) is 91.3 Å². The summed E-state index contributed by atoms with van der Waals surface area (Å²) in [7, 11) is 0. The number of aromatic nitrogens is 3. The Morgan fingerprint density at radius 1 is 0.356 bits per heavy atom. The van der Waals surface area contributed by atoms with Crippen molar-refractivity contribution in [1.82, 2.24) is 15.0 Å². The zero-order valence-corrected chi connectivity index (χ0v) is 31.7. The maximum Gasteiger partial charge on any atom is 0.164 e. The van der Waals surface area contributed by atoms with Crippen molar-refractivity contribution in [2.24, 2.45) is 0 Å². The van der Waals surface area contributed by atoms with Gasteiger partial charge in [0.25, 0.3) is 0 Å². The van der Waals surface area contributed by atoms with Crippen LogP contribution in [-0.4, -0.2) is 15.0 Å². The van der Waals surface area contributed by atoms with Crippen molar-refractivity contribution >= 4 is 43.5 Å². The summed E-state index contributed by atoms with van der Waals surface area (Å²) in [4.78, 5) is 15.5. The minimum atomic E-state index is 0.541. The first kappa shape index (κ1) is 34.1. The summed E-state index contributed by atoms with van der Waals surface area (Å²) < 4.78 is 6.61. The van der Waals surface area contributed by atoms with Crippen molar-refractivity contribution < 1.29 is 4.42 Å². The third-order valence-corrected chi connectivity index (χ3v) is 11.2. The normalized spacial score (nSPS) is 11.4. The average molecular weight is 753 g/mol. The molecule has 0 radical (unpaired) electrons. The molecular weight excluding hydrogens is 721 g/mol. The van der Waals surface area contributed by atoms with Crippen LogP contribution in [0.4, 0.5) is 0 Å². The standard InChI is InChI=1S/C54H32N4O/c55-33-41-15-5-6-18-42(41)35-24-26-36(27-25-35)52-56-53(58-54(57-52)48-31-39-14-4-7-19-43(39)45-20-8-9-21-46(45)48)40-28-29-47-50(32-40)59-49-23-11-22-44(51(47)49)38-17-10-16-37(30-38)34-12-2-1-3-13-34/h1-32H. The zero-order chi connectivity index (χ0) is 39.3. The number of fused-ring (bicyclic) bond motifs is 6. The Bertz CT molecular complexity index is 3450. The average Bonchev–Trinajstić information content (AvgIpc) is 3.70. The lowest BCUT2D eigenvalue weighted by Gasteiger charge is -2.13. The van der Waals surface area contributed by atoms with E-state index in [2.05, 4.69) is 133 Å². The highest BCUT2D eigenvalue weighted by atomic mass is 16.3. The monoisotopic (exact) mass is 752 g/mol. The van der Waals surface area contributed by atoms with Gasteiger partial charge in [0.05, 0.1) is 11.6 Å². The van der Waals surface area contributed by atoms with Crippen LogP contribution in [0.3, 0.4) is 0 Å². The maximum atomic E-state index is 9.77. The Labute approximate surface area is 340 Å². The summed E-state index contributed by atoms with van der Waals surface area (Å²) in [5.41, 5.74) is 11.2. The second-order valence-corrected chi connectivity index (χ2v) is 14.7. The number of rotatable bonds is 6. The number of nitrogens with zero attached hydrogens (tertiary/aromatic N) is 4. The molecule has 0 saturated heterocycles. The molecule has 59 heavy (non-hydrogen) atoms. The highest BCUT2D eigenvalue weighted by Gasteiger charge is 2.19. The van der Waals surface area contributed by atoms with Gasteiger partial charge in [0.2, 0.25) is 0 Å². The third-order valence-electron chi connectivity index (χ3n) is 11.2. The van der Waals surface area contributed by atoms with Crippen LogP contribution in [-0.2, 0) is 0 Å². The number of hydrogen-bond acceptors (Lipinski definition) is 5. The van der Waals surface area contributed by atoms with Crippen LogP contribution in [0.1, 0.15) is 5.56 Å². The van der Waals surface area contributed by atoms with E-state index in [9.17, 15) is 5.26 Å². The molecule has 0 bridgehead atoms. The Morgan fingerprint density at radius 2 is 0.983 bits per heavy atom. The van der Waals surface area contributed by atoms with Crippen LogP contribution in [0.5, 0.6) is 0 Å². The maximum absolute atomic E-state index is 9.77. The number of hydrogen-bond donors (Lipinski definition) is 0. The van der Waals surface area contributed by atoms with Gasteiger partial charge in [0.1, 0.15) is 11.2 Å². The van der Waals surface area contributed by atoms with Crippen LogP contribution in [0.2, 0.25) is 0 Å². The summed E-state index contributed by atoms with van der Waals surface area (Å²) in [5, 5.41) is 16.3. The van der Waals surface area contributed by atoms with Crippen molar-refractivity contribution in [3.63, 3.8) is 0 Å². The summed E-state index contributed by atoms with van der Waals surface area (Å²) in [6, 6.07) is 68.7. The van der Waals surface area contributed by atoms with E-state index < -0.39 is 0 Å². The molecule has 0 saturated carbocycles. The summed E-state index contributed by atoms with van der Waals surface area (Å²) in [6.07, 6.45) is 0. The smallest absolute Gasteiger partial charge is 0.164 e. The van der Waals surface area contributed by atoms with E-state index in [0.29, 0.717) is 23.0 Å². The zero-order valence-electron chi connectivity index (χ0n) is 31.7. The molecule has 0 atom stereocenters. The molecule has 2 aromatic heterocycles. The van der Waals surface area contributed by atoms with Crippen molar-refractivity contribution in [1.29, 1.82) is 5.26 Å². The van der Waals surface area contributed by atoms with E-state index >= 15 is 0 Å². The molecular formula is C54H32N4O. The van der Waals surface area contributed by atoms with Crippen molar-refractivity contribution in [3.05, 3.63) is 200 Å². The summed E-state index contributed by atoms with van der Waals surface area (Å²) in [5.74, 6) is 1.67. The first-order chi connectivity index (χ1) is 29.2. The third kappa shape index (κ3) is 5.99. The molecule has 0 fully saturated rings. The molecule has 0 aliphatic rings. The van der Waals surface area contributed by atoms with Gasteiger partial charge >= 0.3 is 0 Å². The van der Waals surface area contributed by atoms with Gasteiger partial charge in [0.15, 0.2) is 17.5 Å². The van der Waals surface area contributed by atoms with Crippen LogP contribution in [0, 0.1) is 11.3 Å². The van der Waals surface area contributed by atoms with E-state index in [1.807, 2.05) is 66.7 Å². The molecule has 9 aromatic carbocycles. The van der Waals surface area contributed by atoms with Crippen molar-refractivity contribution in [2.75, 3.05) is 0 Å².